The predicted molar refractivity (Wildman–Crippen MR) is 104 cm³/mol. The lowest BCUT2D eigenvalue weighted by Gasteiger charge is -2.05. The molecule has 0 saturated carbocycles. The molecule has 0 bridgehead atoms. The number of carbonyl (C=O) groups is 1. The van der Waals surface area contributed by atoms with Gasteiger partial charge in [0, 0.05) is 16.5 Å². The average molecular weight is 377 g/mol. The second-order valence-electron chi connectivity index (χ2n) is 6.34. The number of aromatic nitrogens is 2. The molecule has 1 N–H and O–H groups in total. The molecule has 0 fully saturated rings. The minimum atomic E-state index is -0.409. The number of ether oxygens (including phenoxy) is 1. The molecule has 0 aliphatic carbocycles. The van der Waals surface area contributed by atoms with Crippen molar-refractivity contribution in [3.05, 3.63) is 59.9 Å². The fourth-order valence-electron chi connectivity index (χ4n) is 2.94. The number of furan rings is 1. The Kier molecular flexibility index (Phi) is 4.80. The highest BCUT2D eigenvalue weighted by atomic mass is 16.6. The lowest BCUT2D eigenvalue weighted by molar-refractivity contribution is 0.0997. The van der Waals surface area contributed by atoms with Crippen LogP contribution in [-0.2, 0) is 0 Å². The molecule has 2 aromatic carbocycles. The van der Waals surface area contributed by atoms with Crippen LogP contribution in [0.1, 0.15) is 29.5 Å². The van der Waals surface area contributed by atoms with Crippen LogP contribution in [0.4, 0.5) is 5.82 Å². The Bertz CT molecular complexity index is 1110. The molecule has 0 aliphatic heterocycles. The largest absolute Gasteiger partial charge is 0.494 e. The molecule has 0 radical (unpaired) electrons. The maximum atomic E-state index is 12.7. The summed E-state index contributed by atoms with van der Waals surface area (Å²) in [6.07, 6.45) is 0.937. The van der Waals surface area contributed by atoms with Crippen LogP contribution >= 0.6 is 0 Å². The fourth-order valence-corrected chi connectivity index (χ4v) is 2.94. The number of fused-ring (bicyclic) bond motifs is 1. The maximum absolute atomic E-state index is 12.7. The highest BCUT2D eigenvalue weighted by molar-refractivity contribution is 6.07. The van der Waals surface area contributed by atoms with E-state index in [1.54, 1.807) is 0 Å². The zero-order valence-electron chi connectivity index (χ0n) is 15.6. The van der Waals surface area contributed by atoms with Crippen LogP contribution < -0.4 is 10.1 Å². The lowest BCUT2D eigenvalue weighted by Crippen LogP contribution is -2.13. The predicted octanol–water partition coefficient (Wildman–Crippen LogP) is 4.83. The minimum absolute atomic E-state index is 0.229. The van der Waals surface area contributed by atoms with E-state index in [9.17, 15) is 4.79 Å². The van der Waals surface area contributed by atoms with Gasteiger partial charge in [-0.15, -0.1) is 0 Å². The number of nitrogens with zero attached hydrogens (tertiary/aromatic N) is 2. The van der Waals surface area contributed by atoms with Gasteiger partial charge in [-0.1, -0.05) is 25.1 Å². The third-order valence-electron chi connectivity index (χ3n) is 4.37. The van der Waals surface area contributed by atoms with E-state index in [2.05, 4.69) is 15.6 Å². The van der Waals surface area contributed by atoms with E-state index >= 15 is 0 Å². The lowest BCUT2D eigenvalue weighted by atomic mass is 10.1. The quantitative estimate of drug-likeness (QED) is 0.517. The van der Waals surface area contributed by atoms with Gasteiger partial charge >= 0.3 is 0 Å². The number of nitrogens with one attached hydrogen (secondary N) is 1. The summed E-state index contributed by atoms with van der Waals surface area (Å²) in [5, 5.41) is 11.4. The topological polar surface area (TPSA) is 90.4 Å². The maximum Gasteiger partial charge on any atom is 0.292 e. The number of amides is 1. The van der Waals surface area contributed by atoms with Crippen LogP contribution in [0.5, 0.6) is 5.75 Å². The number of rotatable bonds is 6. The SMILES string of the molecule is CCCOc1ccc(-c2nonc2NC(=O)c2oc3ccccc3c2C)cc1. The third-order valence-corrected chi connectivity index (χ3v) is 4.37. The summed E-state index contributed by atoms with van der Waals surface area (Å²) >= 11 is 0. The molecule has 4 aromatic rings. The zero-order chi connectivity index (χ0) is 19.5. The van der Waals surface area contributed by atoms with E-state index in [0.29, 0.717) is 17.9 Å². The molecule has 7 heteroatoms. The zero-order valence-corrected chi connectivity index (χ0v) is 15.6. The van der Waals surface area contributed by atoms with Crippen molar-refractivity contribution in [2.75, 3.05) is 11.9 Å². The highest BCUT2D eigenvalue weighted by Gasteiger charge is 2.21. The molecular formula is C21H19N3O4. The average Bonchev–Trinajstić information content (AvgIpc) is 3.31. The summed E-state index contributed by atoms with van der Waals surface area (Å²) in [6, 6.07) is 14.9. The van der Waals surface area contributed by atoms with Crippen molar-refractivity contribution in [1.82, 2.24) is 10.3 Å². The van der Waals surface area contributed by atoms with Gasteiger partial charge in [-0.2, -0.15) is 0 Å². The van der Waals surface area contributed by atoms with E-state index in [4.69, 9.17) is 13.8 Å². The number of para-hydroxylation sites is 1. The molecule has 2 aromatic heterocycles. The van der Waals surface area contributed by atoms with Gasteiger partial charge in [0.05, 0.1) is 6.61 Å². The molecule has 2 heterocycles. The van der Waals surface area contributed by atoms with Crippen molar-refractivity contribution < 1.29 is 18.6 Å². The molecular weight excluding hydrogens is 358 g/mol. The summed E-state index contributed by atoms with van der Waals surface area (Å²) in [6.45, 7) is 4.55. The fraction of sp³-hybridized carbons (Fsp3) is 0.190. The van der Waals surface area contributed by atoms with Crippen molar-refractivity contribution in [2.45, 2.75) is 20.3 Å². The Hall–Kier alpha value is -3.61. The summed E-state index contributed by atoms with van der Waals surface area (Å²) in [4.78, 5) is 12.7. The van der Waals surface area contributed by atoms with E-state index in [0.717, 1.165) is 28.7 Å². The Morgan fingerprint density at radius 2 is 1.89 bits per heavy atom. The molecule has 0 saturated heterocycles. The molecule has 0 aliphatic rings. The van der Waals surface area contributed by atoms with Gasteiger partial charge in [0.1, 0.15) is 11.3 Å². The minimum Gasteiger partial charge on any atom is -0.494 e. The Morgan fingerprint density at radius 1 is 1.11 bits per heavy atom. The molecule has 142 valence electrons. The molecule has 0 spiro atoms. The number of aryl methyl sites for hydroxylation is 1. The second kappa shape index (κ2) is 7.56. The van der Waals surface area contributed by atoms with E-state index in [1.807, 2.05) is 62.4 Å². The normalized spacial score (nSPS) is 10.9. The van der Waals surface area contributed by atoms with E-state index in [-0.39, 0.29) is 11.6 Å². The summed E-state index contributed by atoms with van der Waals surface area (Å²) in [7, 11) is 0. The van der Waals surface area contributed by atoms with Crippen LogP contribution in [-0.4, -0.2) is 22.8 Å². The molecule has 0 unspecified atom stereocenters. The molecule has 1 amide bonds. The third kappa shape index (κ3) is 3.34. The van der Waals surface area contributed by atoms with Gasteiger partial charge in [-0.05, 0) is 54.0 Å². The van der Waals surface area contributed by atoms with Crippen LogP contribution in [0.25, 0.3) is 22.2 Å². The van der Waals surface area contributed by atoms with Crippen LogP contribution in [0.2, 0.25) is 0 Å². The Balaban J connectivity index is 1.57. The molecule has 7 nitrogen and oxygen atoms in total. The molecule has 4 rings (SSSR count). The summed E-state index contributed by atoms with van der Waals surface area (Å²) < 4.78 is 16.1. The van der Waals surface area contributed by atoms with Crippen molar-refractivity contribution in [3.63, 3.8) is 0 Å². The summed E-state index contributed by atoms with van der Waals surface area (Å²) in [5.41, 5.74) is 2.61. The summed E-state index contributed by atoms with van der Waals surface area (Å²) in [5.74, 6) is 0.824. The first-order chi connectivity index (χ1) is 13.7. The highest BCUT2D eigenvalue weighted by Crippen LogP contribution is 2.29. The Labute approximate surface area is 161 Å². The standard InChI is InChI=1S/C21H19N3O4/c1-3-12-26-15-10-8-14(9-11-15)18-20(24-28-23-18)22-21(25)19-13(2)16-6-4-5-7-17(16)27-19/h4-11H,3,12H2,1-2H3,(H,22,24,25). The first-order valence-electron chi connectivity index (χ1n) is 9.02. The van der Waals surface area contributed by atoms with E-state index in [1.165, 1.54) is 0 Å². The molecule has 28 heavy (non-hydrogen) atoms. The van der Waals surface area contributed by atoms with Gasteiger partial charge in [0.2, 0.25) is 5.82 Å². The van der Waals surface area contributed by atoms with Gasteiger partial charge < -0.3 is 9.15 Å². The van der Waals surface area contributed by atoms with Crippen molar-refractivity contribution in [1.29, 1.82) is 0 Å². The number of carbonyl (C=O) groups excluding carboxylic acids is 1. The number of hydrogen-bond acceptors (Lipinski definition) is 6. The number of benzene rings is 2. The first-order valence-corrected chi connectivity index (χ1v) is 9.02. The van der Waals surface area contributed by atoms with E-state index < -0.39 is 5.91 Å². The smallest absolute Gasteiger partial charge is 0.292 e. The van der Waals surface area contributed by atoms with Crippen LogP contribution in [0.15, 0.2) is 57.6 Å². The van der Waals surface area contributed by atoms with Crippen molar-refractivity contribution in [3.8, 4) is 17.0 Å². The van der Waals surface area contributed by atoms with Gasteiger partial charge in [-0.3, -0.25) is 10.1 Å². The van der Waals surface area contributed by atoms with Crippen molar-refractivity contribution >= 4 is 22.7 Å². The second-order valence-corrected chi connectivity index (χ2v) is 6.34. The van der Waals surface area contributed by atoms with Crippen LogP contribution in [0.3, 0.4) is 0 Å². The van der Waals surface area contributed by atoms with Crippen LogP contribution in [0, 0.1) is 6.92 Å². The van der Waals surface area contributed by atoms with Gasteiger partial charge in [0.25, 0.3) is 5.91 Å². The Morgan fingerprint density at radius 3 is 2.64 bits per heavy atom. The first kappa shape index (κ1) is 17.8. The van der Waals surface area contributed by atoms with Gasteiger partial charge in [-0.25, -0.2) is 4.63 Å². The number of hydrogen-bond donors (Lipinski definition) is 1. The van der Waals surface area contributed by atoms with Gasteiger partial charge in [0.15, 0.2) is 11.5 Å². The van der Waals surface area contributed by atoms with Crippen molar-refractivity contribution in [2.24, 2.45) is 0 Å². The monoisotopic (exact) mass is 377 g/mol. The number of anilines is 1. The molecule has 0 atom stereocenters.